The molecule has 2 aliphatic rings. The topological polar surface area (TPSA) is 69.7 Å². The van der Waals surface area contributed by atoms with E-state index in [0.29, 0.717) is 5.02 Å². The number of carbonyl (C=O) groups is 3. The molecule has 0 unspecified atom stereocenters. The van der Waals surface area contributed by atoms with E-state index in [1.807, 2.05) is 0 Å². The molecule has 0 amide bonds. The molecule has 2 fully saturated rings. The van der Waals surface area contributed by atoms with Gasteiger partial charge in [0, 0.05) is 10.9 Å². The number of carbonyl (C=O) groups excluding carboxylic acids is 3. The third kappa shape index (κ3) is 2.09. The Labute approximate surface area is 130 Å². The van der Waals surface area contributed by atoms with Gasteiger partial charge in [-0.1, -0.05) is 17.7 Å². The molecule has 7 heteroatoms. The van der Waals surface area contributed by atoms with Crippen molar-refractivity contribution >= 4 is 29.3 Å². The van der Waals surface area contributed by atoms with Crippen molar-refractivity contribution in [2.24, 2.45) is 11.8 Å². The molecule has 0 spiro atoms. The average Bonchev–Trinajstić information content (AvgIpc) is 2.94. The second-order valence-electron chi connectivity index (χ2n) is 5.39. The highest BCUT2D eigenvalue weighted by atomic mass is 35.5. The standard InChI is InChI=1S/C15H12ClFO5/c1-21-14(20)15(17)9-6-10(12(18)11(9)15)22-13(19)7-3-2-4-8(16)5-7/h2-5,9-11H,6H2,1H3/t9-,10-,11-,15-/m1/s1. The van der Waals surface area contributed by atoms with Crippen molar-refractivity contribution in [2.75, 3.05) is 7.11 Å². The second-order valence-corrected chi connectivity index (χ2v) is 5.82. The van der Waals surface area contributed by atoms with E-state index in [4.69, 9.17) is 16.3 Å². The number of methoxy groups -OCH3 is 1. The summed E-state index contributed by atoms with van der Waals surface area (Å²) in [6.07, 6.45) is -1.04. The number of alkyl halides is 1. The largest absolute Gasteiger partial charge is 0.467 e. The molecule has 1 aromatic rings. The summed E-state index contributed by atoms with van der Waals surface area (Å²) < 4.78 is 23.8. The fourth-order valence-corrected chi connectivity index (χ4v) is 3.23. The van der Waals surface area contributed by atoms with Gasteiger partial charge in [0.2, 0.25) is 5.67 Å². The Bertz CT molecular complexity index is 676. The van der Waals surface area contributed by atoms with E-state index >= 15 is 0 Å². The zero-order chi connectivity index (χ0) is 16.1. The normalized spacial score (nSPS) is 32.3. The van der Waals surface area contributed by atoms with Gasteiger partial charge in [-0.15, -0.1) is 0 Å². The number of fused-ring (bicyclic) bond motifs is 1. The lowest BCUT2D eigenvalue weighted by atomic mass is 10.1. The Kier molecular flexibility index (Phi) is 3.44. The quantitative estimate of drug-likeness (QED) is 0.794. The van der Waals surface area contributed by atoms with Crippen molar-refractivity contribution in [3.63, 3.8) is 0 Å². The van der Waals surface area contributed by atoms with E-state index in [1.165, 1.54) is 12.1 Å². The van der Waals surface area contributed by atoms with Crippen LogP contribution in [0.15, 0.2) is 24.3 Å². The third-order valence-electron chi connectivity index (χ3n) is 4.19. The number of halogens is 2. The first-order valence-corrected chi connectivity index (χ1v) is 7.05. The summed E-state index contributed by atoms with van der Waals surface area (Å²) in [6.45, 7) is 0. The van der Waals surface area contributed by atoms with Crippen LogP contribution < -0.4 is 0 Å². The number of Topliss-reactive ketones (excluding diaryl/α,β-unsaturated/α-hetero) is 1. The van der Waals surface area contributed by atoms with Gasteiger partial charge in [-0.05, 0) is 24.6 Å². The Hall–Kier alpha value is -1.95. The van der Waals surface area contributed by atoms with Gasteiger partial charge in [0.15, 0.2) is 11.9 Å². The molecular weight excluding hydrogens is 315 g/mol. The molecule has 0 bridgehead atoms. The fourth-order valence-electron chi connectivity index (χ4n) is 3.04. The summed E-state index contributed by atoms with van der Waals surface area (Å²) in [5, 5.41) is 0.364. The maximum Gasteiger partial charge on any atom is 0.344 e. The number of rotatable bonds is 3. The molecule has 116 valence electrons. The summed E-state index contributed by atoms with van der Waals surface area (Å²) in [5.41, 5.74) is -2.05. The van der Waals surface area contributed by atoms with Crippen molar-refractivity contribution in [3.8, 4) is 0 Å². The van der Waals surface area contributed by atoms with Crippen molar-refractivity contribution in [2.45, 2.75) is 18.2 Å². The van der Waals surface area contributed by atoms with E-state index in [1.54, 1.807) is 12.1 Å². The van der Waals surface area contributed by atoms with Crippen LogP contribution in [-0.4, -0.2) is 36.6 Å². The zero-order valence-corrected chi connectivity index (χ0v) is 12.3. The first-order valence-electron chi connectivity index (χ1n) is 6.67. The summed E-state index contributed by atoms with van der Waals surface area (Å²) >= 11 is 5.78. The highest BCUT2D eigenvalue weighted by molar-refractivity contribution is 6.30. The van der Waals surface area contributed by atoms with Crippen molar-refractivity contribution in [1.29, 1.82) is 0 Å². The molecule has 0 N–H and O–H groups in total. The van der Waals surface area contributed by atoms with E-state index in [0.717, 1.165) is 7.11 Å². The maximum atomic E-state index is 14.3. The Morgan fingerprint density at radius 2 is 2.14 bits per heavy atom. The van der Waals surface area contributed by atoms with Gasteiger partial charge in [-0.25, -0.2) is 14.0 Å². The van der Waals surface area contributed by atoms with Crippen LogP contribution in [0.1, 0.15) is 16.8 Å². The van der Waals surface area contributed by atoms with Gasteiger partial charge in [0.1, 0.15) is 0 Å². The molecular formula is C15H12ClFO5. The summed E-state index contributed by atoms with van der Waals surface area (Å²) in [6, 6.07) is 6.10. The first-order chi connectivity index (χ1) is 10.4. The number of hydrogen-bond acceptors (Lipinski definition) is 5. The Morgan fingerprint density at radius 3 is 2.68 bits per heavy atom. The average molecular weight is 327 g/mol. The van der Waals surface area contributed by atoms with Crippen LogP contribution in [0.4, 0.5) is 4.39 Å². The highest BCUT2D eigenvalue weighted by Crippen LogP contribution is 2.62. The van der Waals surface area contributed by atoms with Gasteiger partial charge < -0.3 is 9.47 Å². The van der Waals surface area contributed by atoms with Crippen molar-refractivity contribution in [1.82, 2.24) is 0 Å². The van der Waals surface area contributed by atoms with Crippen molar-refractivity contribution in [3.05, 3.63) is 34.9 Å². The predicted octanol–water partition coefficient (Wildman–Crippen LogP) is 1.97. The molecule has 0 aliphatic heterocycles. The zero-order valence-electron chi connectivity index (χ0n) is 11.5. The Morgan fingerprint density at radius 1 is 1.41 bits per heavy atom. The van der Waals surface area contributed by atoms with Crippen LogP contribution >= 0.6 is 11.6 Å². The number of esters is 2. The van der Waals surface area contributed by atoms with E-state index in [2.05, 4.69) is 4.74 Å². The number of hydrogen-bond donors (Lipinski definition) is 0. The second kappa shape index (κ2) is 5.05. The van der Waals surface area contributed by atoms with Gasteiger partial charge >= 0.3 is 11.9 Å². The number of ketones is 1. The molecule has 0 heterocycles. The van der Waals surface area contributed by atoms with Gasteiger partial charge in [-0.2, -0.15) is 0 Å². The molecule has 0 saturated heterocycles. The number of ether oxygens (including phenoxy) is 2. The summed E-state index contributed by atoms with van der Waals surface area (Å²) in [4.78, 5) is 35.4. The maximum absolute atomic E-state index is 14.3. The fraction of sp³-hybridized carbons (Fsp3) is 0.400. The molecule has 0 radical (unpaired) electrons. The van der Waals surface area contributed by atoms with Gasteiger partial charge in [-0.3, -0.25) is 4.79 Å². The number of benzene rings is 1. The molecule has 2 aliphatic carbocycles. The molecule has 5 nitrogen and oxygen atoms in total. The Balaban J connectivity index is 1.67. The molecule has 4 atom stereocenters. The molecule has 3 rings (SSSR count). The third-order valence-corrected chi connectivity index (χ3v) is 4.42. The highest BCUT2D eigenvalue weighted by Gasteiger charge is 2.80. The molecule has 0 aromatic heterocycles. The van der Waals surface area contributed by atoms with Gasteiger partial charge in [0.25, 0.3) is 0 Å². The summed E-state index contributed by atoms with van der Waals surface area (Å²) in [5.74, 6) is -4.17. The summed E-state index contributed by atoms with van der Waals surface area (Å²) in [7, 11) is 1.07. The van der Waals surface area contributed by atoms with E-state index in [9.17, 15) is 18.8 Å². The predicted molar refractivity (Wildman–Crippen MR) is 73.1 cm³/mol. The minimum absolute atomic E-state index is 0.0125. The van der Waals surface area contributed by atoms with Crippen LogP contribution in [0, 0.1) is 11.8 Å². The van der Waals surface area contributed by atoms with Crippen LogP contribution in [-0.2, 0) is 19.1 Å². The minimum Gasteiger partial charge on any atom is -0.467 e. The van der Waals surface area contributed by atoms with Crippen LogP contribution in [0.5, 0.6) is 0 Å². The lowest BCUT2D eigenvalue weighted by molar-refractivity contribution is -0.152. The lowest BCUT2D eigenvalue weighted by Gasteiger charge is -2.16. The lowest BCUT2D eigenvalue weighted by Crippen LogP contribution is -2.34. The molecule has 1 aromatic carbocycles. The van der Waals surface area contributed by atoms with Crippen LogP contribution in [0.25, 0.3) is 0 Å². The first kappa shape index (κ1) is 15.0. The molecule has 22 heavy (non-hydrogen) atoms. The van der Waals surface area contributed by atoms with Gasteiger partial charge in [0.05, 0.1) is 18.6 Å². The van der Waals surface area contributed by atoms with Crippen LogP contribution in [0.3, 0.4) is 0 Å². The van der Waals surface area contributed by atoms with E-state index in [-0.39, 0.29) is 12.0 Å². The minimum atomic E-state index is -2.26. The molecule has 2 saturated carbocycles. The smallest absolute Gasteiger partial charge is 0.344 e. The van der Waals surface area contributed by atoms with E-state index < -0.39 is 41.3 Å². The van der Waals surface area contributed by atoms with Crippen molar-refractivity contribution < 1.29 is 28.2 Å². The SMILES string of the molecule is COC(=O)[C@@]1(F)[C@@H]2C[C@@H](OC(=O)c3cccc(Cl)c3)C(=O)[C@@H]21. The monoisotopic (exact) mass is 326 g/mol. The van der Waals surface area contributed by atoms with Crippen LogP contribution in [0.2, 0.25) is 5.02 Å².